The van der Waals surface area contributed by atoms with Crippen LogP contribution in [0, 0.1) is 0 Å². The van der Waals surface area contributed by atoms with Crippen LogP contribution < -0.4 is 16.8 Å². The van der Waals surface area contributed by atoms with Crippen LogP contribution in [0.4, 0.5) is 0 Å². The average molecular weight is 278 g/mol. The fourth-order valence-electron chi connectivity index (χ4n) is 2.08. The third-order valence-electron chi connectivity index (χ3n) is 3.12. The number of nitrogens with one attached hydrogen (secondary N) is 2. The Balaban J connectivity index is 2.57. The number of aryl methyl sites for hydroxylation is 1. The minimum Gasteiger partial charge on any atom is -0.492 e. The maximum atomic E-state index is 12.2. The topological polar surface area (TPSA) is 131 Å². The highest BCUT2D eigenvalue weighted by atomic mass is 16.3. The minimum atomic E-state index is -0.613. The van der Waals surface area contributed by atoms with Gasteiger partial charge >= 0.3 is 5.69 Å². The maximum Gasteiger partial charge on any atom is 0.332 e. The second-order valence-electron chi connectivity index (χ2n) is 4.27. The summed E-state index contributed by atoms with van der Waals surface area (Å²) in [5.74, 6) is -0.426. The second kappa shape index (κ2) is 3.73. The summed E-state index contributed by atoms with van der Waals surface area (Å²) in [6, 6.07) is 0. The Morgan fingerprint density at radius 2 is 1.85 bits per heavy atom. The second-order valence-corrected chi connectivity index (χ2v) is 4.27. The molecule has 0 aromatic carbocycles. The predicted octanol–water partition coefficient (Wildman–Crippen LogP) is -1.86. The molecule has 3 N–H and O–H groups in total. The molecule has 3 aromatic heterocycles. The molecule has 3 heterocycles. The molecule has 0 atom stereocenters. The molecule has 20 heavy (non-hydrogen) atoms. The standard InChI is InChI=1S/C10H10N6O4/c1-14-6-4(9(19)15(2)10(14)20)16(3-11-6)5-7(17)12-13-8(5)18/h3H,1-2H3,(H3,12,13,17,18). The van der Waals surface area contributed by atoms with Gasteiger partial charge < -0.3 is 5.11 Å². The van der Waals surface area contributed by atoms with Crippen molar-refractivity contribution >= 4 is 11.2 Å². The summed E-state index contributed by atoms with van der Waals surface area (Å²) in [5.41, 5.74) is -1.77. The molecule has 0 saturated heterocycles. The van der Waals surface area contributed by atoms with Crippen molar-refractivity contribution in [3.8, 4) is 11.6 Å². The van der Waals surface area contributed by atoms with Gasteiger partial charge in [0, 0.05) is 14.1 Å². The van der Waals surface area contributed by atoms with Gasteiger partial charge in [-0.3, -0.25) is 33.5 Å². The number of nitrogens with zero attached hydrogens (tertiary/aromatic N) is 4. The van der Waals surface area contributed by atoms with Crippen LogP contribution in [0.3, 0.4) is 0 Å². The molecule has 10 heteroatoms. The first-order chi connectivity index (χ1) is 9.43. The molecule has 104 valence electrons. The number of H-pyrrole nitrogens is 2. The van der Waals surface area contributed by atoms with Crippen molar-refractivity contribution in [3.63, 3.8) is 0 Å². The van der Waals surface area contributed by atoms with Crippen LogP contribution in [0.25, 0.3) is 16.9 Å². The minimum absolute atomic E-state index is 0.0231. The Morgan fingerprint density at radius 3 is 2.45 bits per heavy atom. The predicted molar refractivity (Wildman–Crippen MR) is 68.2 cm³/mol. The smallest absolute Gasteiger partial charge is 0.332 e. The van der Waals surface area contributed by atoms with Crippen molar-refractivity contribution in [3.05, 3.63) is 37.5 Å². The first-order valence-electron chi connectivity index (χ1n) is 5.56. The Bertz CT molecular complexity index is 998. The zero-order valence-corrected chi connectivity index (χ0v) is 10.5. The van der Waals surface area contributed by atoms with E-state index in [0.717, 1.165) is 9.13 Å². The number of rotatable bonds is 1. The molecule has 3 aromatic rings. The molecule has 0 unspecified atom stereocenters. The Morgan fingerprint density at radius 1 is 1.15 bits per heavy atom. The summed E-state index contributed by atoms with van der Waals surface area (Å²) in [4.78, 5) is 39.6. The monoisotopic (exact) mass is 278 g/mol. The van der Waals surface area contributed by atoms with Gasteiger partial charge in [0.1, 0.15) is 6.33 Å². The Labute approximate surface area is 109 Å². The quantitative estimate of drug-likeness (QED) is 0.480. The SMILES string of the molecule is Cn1c(=O)c2c(ncn2-c2c(O)[nH][nH]c2=O)n(C)c1=O. The van der Waals surface area contributed by atoms with Gasteiger partial charge in [-0.25, -0.2) is 9.78 Å². The molecule has 0 saturated carbocycles. The van der Waals surface area contributed by atoms with Gasteiger partial charge in [0.25, 0.3) is 11.1 Å². The molecule has 0 aliphatic carbocycles. The lowest BCUT2D eigenvalue weighted by Gasteiger charge is -2.04. The van der Waals surface area contributed by atoms with Gasteiger partial charge in [-0.1, -0.05) is 0 Å². The van der Waals surface area contributed by atoms with Crippen molar-refractivity contribution in [1.29, 1.82) is 0 Å². The van der Waals surface area contributed by atoms with Crippen LogP contribution >= 0.6 is 0 Å². The summed E-state index contributed by atoms with van der Waals surface area (Å²) in [7, 11) is 2.78. The summed E-state index contributed by atoms with van der Waals surface area (Å²) < 4.78 is 3.23. The van der Waals surface area contributed by atoms with Crippen LogP contribution in [0.1, 0.15) is 0 Å². The van der Waals surface area contributed by atoms with Gasteiger partial charge in [0.15, 0.2) is 16.9 Å². The highest BCUT2D eigenvalue weighted by molar-refractivity contribution is 5.73. The number of aromatic hydroxyl groups is 1. The average Bonchev–Trinajstić information content (AvgIpc) is 2.98. The van der Waals surface area contributed by atoms with E-state index in [1.165, 1.54) is 25.0 Å². The molecule has 0 spiro atoms. The first-order valence-corrected chi connectivity index (χ1v) is 5.56. The van der Waals surface area contributed by atoms with Crippen molar-refractivity contribution in [2.75, 3.05) is 0 Å². The Hall–Kier alpha value is -3.04. The molecular weight excluding hydrogens is 268 g/mol. The van der Waals surface area contributed by atoms with Crippen LogP contribution in [-0.4, -0.2) is 34.0 Å². The molecule has 3 rings (SSSR count). The molecule has 0 aliphatic heterocycles. The largest absolute Gasteiger partial charge is 0.492 e. The fourth-order valence-corrected chi connectivity index (χ4v) is 2.08. The normalized spacial score (nSPS) is 11.3. The fraction of sp³-hybridized carbons (Fsp3) is 0.200. The lowest BCUT2D eigenvalue weighted by atomic mass is 10.4. The van der Waals surface area contributed by atoms with E-state index >= 15 is 0 Å². The molecule has 0 fully saturated rings. The van der Waals surface area contributed by atoms with Gasteiger partial charge in [-0.15, -0.1) is 0 Å². The number of hydrogen-bond acceptors (Lipinski definition) is 5. The molecule has 0 amide bonds. The molecule has 0 aliphatic rings. The molecular formula is C10H10N6O4. The zero-order valence-electron chi connectivity index (χ0n) is 10.5. The summed E-state index contributed by atoms with van der Waals surface area (Å²) in [5, 5.41) is 14.1. The first kappa shape index (κ1) is 12.0. The van der Waals surface area contributed by atoms with Crippen molar-refractivity contribution in [2.45, 2.75) is 0 Å². The Kier molecular flexibility index (Phi) is 2.24. The number of aromatic nitrogens is 6. The van der Waals surface area contributed by atoms with E-state index in [2.05, 4.69) is 15.2 Å². The zero-order chi connectivity index (χ0) is 14.6. The third-order valence-corrected chi connectivity index (χ3v) is 3.12. The maximum absolute atomic E-state index is 12.2. The van der Waals surface area contributed by atoms with E-state index < -0.39 is 22.7 Å². The van der Waals surface area contributed by atoms with E-state index in [0.29, 0.717) is 0 Å². The lowest BCUT2D eigenvalue weighted by molar-refractivity contribution is 0.450. The van der Waals surface area contributed by atoms with Gasteiger partial charge in [0.2, 0.25) is 5.88 Å². The van der Waals surface area contributed by atoms with Gasteiger partial charge in [-0.2, -0.15) is 0 Å². The number of aromatic amines is 2. The summed E-state index contributed by atoms with van der Waals surface area (Å²) in [6.07, 6.45) is 1.20. The summed E-state index contributed by atoms with van der Waals surface area (Å²) >= 11 is 0. The van der Waals surface area contributed by atoms with Crippen LogP contribution in [0.2, 0.25) is 0 Å². The molecule has 0 bridgehead atoms. The highest BCUT2D eigenvalue weighted by Crippen LogP contribution is 2.17. The third kappa shape index (κ3) is 1.32. The van der Waals surface area contributed by atoms with E-state index in [9.17, 15) is 19.5 Å². The van der Waals surface area contributed by atoms with E-state index in [4.69, 9.17) is 0 Å². The van der Waals surface area contributed by atoms with Crippen molar-refractivity contribution < 1.29 is 5.11 Å². The van der Waals surface area contributed by atoms with Crippen LogP contribution in [-0.2, 0) is 14.1 Å². The number of hydrogen-bond donors (Lipinski definition) is 3. The number of fused-ring (bicyclic) bond motifs is 1. The highest BCUT2D eigenvalue weighted by Gasteiger charge is 2.19. The van der Waals surface area contributed by atoms with Crippen molar-refractivity contribution in [2.24, 2.45) is 14.1 Å². The molecule has 10 nitrogen and oxygen atoms in total. The van der Waals surface area contributed by atoms with Gasteiger partial charge in [-0.05, 0) is 0 Å². The van der Waals surface area contributed by atoms with Crippen molar-refractivity contribution in [1.82, 2.24) is 28.9 Å². The van der Waals surface area contributed by atoms with Crippen LogP contribution in [0.5, 0.6) is 5.88 Å². The van der Waals surface area contributed by atoms with E-state index in [1.54, 1.807) is 0 Å². The lowest BCUT2D eigenvalue weighted by Crippen LogP contribution is -2.37. The summed E-state index contributed by atoms with van der Waals surface area (Å²) in [6.45, 7) is 0. The molecule has 0 radical (unpaired) electrons. The van der Waals surface area contributed by atoms with E-state index in [1.807, 2.05) is 0 Å². The van der Waals surface area contributed by atoms with E-state index in [-0.39, 0.29) is 16.9 Å². The van der Waals surface area contributed by atoms with Crippen LogP contribution in [0.15, 0.2) is 20.7 Å². The van der Waals surface area contributed by atoms with Gasteiger partial charge in [0.05, 0.1) is 0 Å². The number of imidazole rings is 1.